The second-order valence-corrected chi connectivity index (χ2v) is 3.29. The van der Waals surface area contributed by atoms with Gasteiger partial charge in [0.15, 0.2) is 0 Å². The van der Waals surface area contributed by atoms with E-state index in [0.29, 0.717) is 11.7 Å². The minimum absolute atomic E-state index is 0.352. The average molecular weight is 194 g/mol. The Bertz CT molecular complexity index is 288. The van der Waals surface area contributed by atoms with E-state index in [2.05, 4.69) is 13.8 Å². The molecule has 1 atom stereocenters. The molecule has 0 bridgehead atoms. The first-order valence-corrected chi connectivity index (χ1v) is 4.76. The topological polar surface area (TPSA) is 49.7 Å². The summed E-state index contributed by atoms with van der Waals surface area (Å²) < 4.78 is 4.88. The smallest absolute Gasteiger partial charge is 0.512 e. The van der Waals surface area contributed by atoms with Gasteiger partial charge in [0.05, 0.1) is 0 Å². The van der Waals surface area contributed by atoms with Crippen LogP contribution in [0, 0.1) is 0 Å². The van der Waals surface area contributed by atoms with Crippen molar-refractivity contribution in [3.8, 4) is 5.75 Å². The molecule has 4 heteroatoms. The van der Waals surface area contributed by atoms with Crippen LogP contribution in [-0.4, -0.2) is 17.4 Å². The summed E-state index contributed by atoms with van der Waals surface area (Å²) in [4.78, 5) is 0. The summed E-state index contributed by atoms with van der Waals surface area (Å²) in [5, 5.41) is 17.4. The summed E-state index contributed by atoms with van der Waals surface area (Å²) in [5.41, 5.74) is 1.00. The molecule has 3 nitrogen and oxygen atoms in total. The van der Waals surface area contributed by atoms with Crippen molar-refractivity contribution in [2.75, 3.05) is 0 Å². The summed E-state index contributed by atoms with van der Waals surface area (Å²) >= 11 is 0. The van der Waals surface area contributed by atoms with Crippen molar-refractivity contribution in [2.45, 2.75) is 26.2 Å². The lowest BCUT2D eigenvalue weighted by Crippen LogP contribution is -2.21. The van der Waals surface area contributed by atoms with E-state index in [-0.39, 0.29) is 0 Å². The van der Waals surface area contributed by atoms with Gasteiger partial charge in [-0.2, -0.15) is 0 Å². The molecule has 0 radical (unpaired) electrons. The van der Waals surface area contributed by atoms with Gasteiger partial charge in [-0.3, -0.25) is 0 Å². The maximum atomic E-state index is 8.72. The molecule has 0 saturated carbocycles. The van der Waals surface area contributed by atoms with E-state index in [1.54, 1.807) is 6.07 Å². The fourth-order valence-electron chi connectivity index (χ4n) is 1.33. The molecule has 0 saturated heterocycles. The van der Waals surface area contributed by atoms with Crippen molar-refractivity contribution < 1.29 is 14.7 Å². The minimum Gasteiger partial charge on any atom is -0.512 e. The van der Waals surface area contributed by atoms with Crippen molar-refractivity contribution in [2.24, 2.45) is 0 Å². The monoisotopic (exact) mass is 194 g/mol. The molecular formula is C10H15BO3. The van der Waals surface area contributed by atoms with Crippen molar-refractivity contribution >= 4 is 7.32 Å². The van der Waals surface area contributed by atoms with Crippen molar-refractivity contribution in [3.05, 3.63) is 29.8 Å². The third-order valence-corrected chi connectivity index (χ3v) is 2.29. The fraction of sp³-hybridized carbons (Fsp3) is 0.400. The molecular weight excluding hydrogens is 179 g/mol. The van der Waals surface area contributed by atoms with E-state index < -0.39 is 7.32 Å². The van der Waals surface area contributed by atoms with Gasteiger partial charge in [-0.1, -0.05) is 32.0 Å². The molecule has 0 amide bonds. The molecule has 1 unspecified atom stereocenters. The Morgan fingerprint density at radius 3 is 2.57 bits per heavy atom. The Labute approximate surface area is 84.5 Å². The summed E-state index contributed by atoms with van der Waals surface area (Å²) in [6.45, 7) is 4.16. The van der Waals surface area contributed by atoms with Gasteiger partial charge in [0, 0.05) is 0 Å². The van der Waals surface area contributed by atoms with Crippen molar-refractivity contribution in [3.63, 3.8) is 0 Å². The molecule has 0 aliphatic rings. The third kappa shape index (κ3) is 2.75. The SMILES string of the molecule is CCC(C)c1ccccc1OB(O)O. The minimum atomic E-state index is -1.75. The maximum absolute atomic E-state index is 8.72. The van der Waals surface area contributed by atoms with E-state index in [1.165, 1.54) is 0 Å². The van der Waals surface area contributed by atoms with Crippen LogP contribution in [0.25, 0.3) is 0 Å². The van der Waals surface area contributed by atoms with E-state index in [1.807, 2.05) is 18.2 Å². The number of benzene rings is 1. The zero-order valence-electron chi connectivity index (χ0n) is 8.47. The first kappa shape index (κ1) is 11.1. The highest BCUT2D eigenvalue weighted by Gasteiger charge is 2.15. The largest absolute Gasteiger partial charge is 0.707 e. The summed E-state index contributed by atoms with van der Waals surface area (Å²) in [7, 11) is -1.75. The molecule has 1 aromatic carbocycles. The molecule has 0 heterocycles. The van der Waals surface area contributed by atoms with Crippen LogP contribution >= 0.6 is 0 Å². The highest BCUT2D eigenvalue weighted by atomic mass is 16.6. The van der Waals surface area contributed by atoms with Gasteiger partial charge in [-0.15, -0.1) is 0 Å². The van der Waals surface area contributed by atoms with E-state index in [9.17, 15) is 0 Å². The summed E-state index contributed by atoms with van der Waals surface area (Å²) in [5.74, 6) is 0.891. The molecule has 0 fully saturated rings. The molecule has 0 aliphatic carbocycles. The van der Waals surface area contributed by atoms with Gasteiger partial charge < -0.3 is 14.7 Å². The lowest BCUT2D eigenvalue weighted by molar-refractivity contribution is 0.286. The molecule has 0 aliphatic heterocycles. The molecule has 14 heavy (non-hydrogen) atoms. The molecule has 1 aromatic rings. The maximum Gasteiger partial charge on any atom is 0.707 e. The quantitative estimate of drug-likeness (QED) is 0.714. The Morgan fingerprint density at radius 1 is 1.36 bits per heavy atom. The Hall–Kier alpha value is -0.995. The molecule has 0 aromatic heterocycles. The molecule has 76 valence electrons. The van der Waals surface area contributed by atoms with Gasteiger partial charge in [0.25, 0.3) is 0 Å². The van der Waals surface area contributed by atoms with E-state index >= 15 is 0 Å². The Balaban J connectivity index is 2.91. The zero-order valence-corrected chi connectivity index (χ0v) is 8.47. The highest BCUT2D eigenvalue weighted by molar-refractivity contribution is 6.33. The normalized spacial score (nSPS) is 12.3. The summed E-state index contributed by atoms with van der Waals surface area (Å²) in [6, 6.07) is 7.40. The number of hydrogen-bond donors (Lipinski definition) is 2. The van der Waals surface area contributed by atoms with Crippen LogP contribution in [0.1, 0.15) is 31.7 Å². The lowest BCUT2D eigenvalue weighted by Gasteiger charge is -2.15. The van der Waals surface area contributed by atoms with Gasteiger partial charge in [0.2, 0.25) is 0 Å². The zero-order chi connectivity index (χ0) is 10.6. The fourth-order valence-corrected chi connectivity index (χ4v) is 1.33. The van der Waals surface area contributed by atoms with Gasteiger partial charge in [-0.05, 0) is 24.0 Å². The average Bonchev–Trinajstić information content (AvgIpc) is 2.16. The van der Waals surface area contributed by atoms with Crippen LogP contribution in [0.3, 0.4) is 0 Å². The van der Waals surface area contributed by atoms with Crippen LogP contribution in [0.15, 0.2) is 24.3 Å². The third-order valence-electron chi connectivity index (χ3n) is 2.29. The predicted octanol–water partition coefficient (Wildman–Crippen LogP) is 1.55. The first-order chi connectivity index (χ1) is 6.65. The highest BCUT2D eigenvalue weighted by Crippen LogP contribution is 2.28. The molecule has 0 spiro atoms. The Morgan fingerprint density at radius 2 is 2.00 bits per heavy atom. The van der Waals surface area contributed by atoms with Crippen LogP contribution in [-0.2, 0) is 0 Å². The van der Waals surface area contributed by atoms with Crippen molar-refractivity contribution in [1.82, 2.24) is 0 Å². The van der Waals surface area contributed by atoms with Crippen molar-refractivity contribution in [1.29, 1.82) is 0 Å². The number of hydrogen-bond acceptors (Lipinski definition) is 3. The van der Waals surface area contributed by atoms with Crippen LogP contribution in [0.5, 0.6) is 5.75 Å². The standard InChI is InChI=1S/C10H15BO3/c1-3-8(2)9-6-4-5-7-10(9)14-11(12)13/h4-8,12-13H,3H2,1-2H3. The van der Waals surface area contributed by atoms with Crippen LogP contribution < -0.4 is 4.65 Å². The van der Waals surface area contributed by atoms with Crippen LogP contribution in [0.2, 0.25) is 0 Å². The predicted molar refractivity (Wildman–Crippen MR) is 56.0 cm³/mol. The number of rotatable bonds is 4. The van der Waals surface area contributed by atoms with Gasteiger partial charge in [-0.25, -0.2) is 0 Å². The van der Waals surface area contributed by atoms with Crippen LogP contribution in [0.4, 0.5) is 0 Å². The van der Waals surface area contributed by atoms with Gasteiger partial charge >= 0.3 is 7.32 Å². The molecule has 1 rings (SSSR count). The Kier molecular flexibility index (Phi) is 3.98. The van der Waals surface area contributed by atoms with E-state index in [4.69, 9.17) is 14.7 Å². The second kappa shape index (κ2) is 5.03. The first-order valence-electron chi connectivity index (χ1n) is 4.76. The second-order valence-electron chi connectivity index (χ2n) is 3.29. The van der Waals surface area contributed by atoms with E-state index in [0.717, 1.165) is 12.0 Å². The van der Waals surface area contributed by atoms with Gasteiger partial charge in [0.1, 0.15) is 5.75 Å². The number of para-hydroxylation sites is 1. The summed E-state index contributed by atoms with van der Waals surface area (Å²) in [6.07, 6.45) is 0.988. The molecule has 2 N–H and O–H groups in total. The lowest BCUT2D eigenvalue weighted by atomic mass is 9.97.